The monoisotopic (exact) mass is 219 g/mol. The first kappa shape index (κ1) is 11.5. The summed E-state index contributed by atoms with van der Waals surface area (Å²) in [6.45, 7) is 2.73. The number of aromatic nitrogens is 2. The molecule has 2 N–H and O–H groups in total. The quantitative estimate of drug-likeness (QED) is 0.845. The van der Waals surface area contributed by atoms with E-state index < -0.39 is 0 Å². The first-order valence-corrected chi connectivity index (χ1v) is 6.34. The average Bonchev–Trinajstić information content (AvgIpc) is 2.79. The molecule has 0 radical (unpaired) electrons. The van der Waals surface area contributed by atoms with Crippen molar-refractivity contribution in [2.75, 3.05) is 6.54 Å². The minimum Gasteiger partial charge on any atom is -0.330 e. The first-order chi connectivity index (χ1) is 7.79. The van der Waals surface area contributed by atoms with Crippen LogP contribution in [0.5, 0.6) is 0 Å². The largest absolute Gasteiger partial charge is 0.330 e. The molecule has 0 atom stereocenters. The molecular weight excluding hydrogens is 198 g/mol. The van der Waals surface area contributed by atoms with Gasteiger partial charge in [-0.2, -0.15) is 0 Å². The van der Waals surface area contributed by atoms with Gasteiger partial charge < -0.3 is 5.73 Å². The molecule has 16 heavy (non-hydrogen) atoms. The van der Waals surface area contributed by atoms with Gasteiger partial charge in [-0.15, -0.1) is 0 Å². The molecular formula is C13H21N3. The van der Waals surface area contributed by atoms with E-state index in [-0.39, 0.29) is 0 Å². The predicted molar refractivity (Wildman–Crippen MR) is 65.4 cm³/mol. The number of hydrogen-bond acceptors (Lipinski definition) is 3. The third-order valence-electron chi connectivity index (χ3n) is 3.32. The summed E-state index contributed by atoms with van der Waals surface area (Å²) in [7, 11) is 0. The number of rotatable bonds is 4. The summed E-state index contributed by atoms with van der Waals surface area (Å²) in [5, 5.41) is 0. The third-order valence-corrected chi connectivity index (χ3v) is 3.32. The molecule has 0 aliphatic heterocycles. The molecule has 1 aromatic heterocycles. The lowest BCUT2D eigenvalue weighted by Crippen LogP contribution is -2.06. The molecule has 1 heterocycles. The maximum Gasteiger partial charge on any atom is 0.125 e. The fourth-order valence-corrected chi connectivity index (χ4v) is 2.50. The van der Waals surface area contributed by atoms with E-state index in [9.17, 15) is 0 Å². The molecule has 0 unspecified atom stereocenters. The van der Waals surface area contributed by atoms with Crippen LogP contribution in [0.25, 0.3) is 0 Å². The van der Waals surface area contributed by atoms with E-state index >= 15 is 0 Å². The van der Waals surface area contributed by atoms with Gasteiger partial charge in [-0.25, -0.2) is 9.97 Å². The van der Waals surface area contributed by atoms with Gasteiger partial charge in [-0.05, 0) is 45.2 Å². The Morgan fingerprint density at radius 2 is 2.06 bits per heavy atom. The van der Waals surface area contributed by atoms with Crippen LogP contribution in [0.4, 0.5) is 0 Å². The Labute approximate surface area is 97.5 Å². The highest BCUT2D eigenvalue weighted by Gasteiger charge is 2.19. The Balaban J connectivity index is 2.14. The van der Waals surface area contributed by atoms with Gasteiger partial charge in [-0.1, -0.05) is 12.8 Å². The molecule has 1 saturated carbocycles. The van der Waals surface area contributed by atoms with Gasteiger partial charge in [0, 0.05) is 17.3 Å². The van der Waals surface area contributed by atoms with E-state index in [0.29, 0.717) is 5.92 Å². The van der Waals surface area contributed by atoms with Crippen molar-refractivity contribution < 1.29 is 0 Å². The van der Waals surface area contributed by atoms with Crippen molar-refractivity contribution in [1.82, 2.24) is 9.97 Å². The third kappa shape index (κ3) is 2.79. The van der Waals surface area contributed by atoms with E-state index in [4.69, 9.17) is 5.73 Å². The van der Waals surface area contributed by atoms with Crippen molar-refractivity contribution in [2.45, 2.75) is 51.4 Å². The smallest absolute Gasteiger partial charge is 0.125 e. The maximum atomic E-state index is 5.53. The molecule has 0 aromatic carbocycles. The van der Waals surface area contributed by atoms with Crippen LogP contribution < -0.4 is 5.73 Å². The summed E-state index contributed by atoms with van der Waals surface area (Å²) in [5.74, 6) is 1.59. The van der Waals surface area contributed by atoms with E-state index in [1.807, 2.05) is 6.92 Å². The van der Waals surface area contributed by atoms with Gasteiger partial charge in [-0.3, -0.25) is 0 Å². The summed E-state index contributed by atoms with van der Waals surface area (Å²) in [5.41, 5.74) is 7.96. The van der Waals surface area contributed by atoms with Crippen LogP contribution in [0, 0.1) is 6.92 Å². The number of nitrogens with two attached hydrogens (primary N) is 1. The van der Waals surface area contributed by atoms with Crippen LogP contribution in [0.1, 0.15) is 55.2 Å². The number of aryl methyl sites for hydroxylation is 2. The van der Waals surface area contributed by atoms with Crippen LogP contribution in [0.15, 0.2) is 6.07 Å². The second-order valence-corrected chi connectivity index (χ2v) is 4.70. The second-order valence-electron chi connectivity index (χ2n) is 4.70. The Hall–Kier alpha value is -0.960. The van der Waals surface area contributed by atoms with Gasteiger partial charge in [0.2, 0.25) is 0 Å². The van der Waals surface area contributed by atoms with Crippen molar-refractivity contribution in [2.24, 2.45) is 5.73 Å². The van der Waals surface area contributed by atoms with Crippen LogP contribution in [0.3, 0.4) is 0 Å². The zero-order valence-corrected chi connectivity index (χ0v) is 10.1. The molecule has 1 aliphatic rings. The highest BCUT2D eigenvalue weighted by atomic mass is 14.9. The van der Waals surface area contributed by atoms with Crippen LogP contribution >= 0.6 is 0 Å². The Morgan fingerprint density at radius 3 is 2.75 bits per heavy atom. The SMILES string of the molecule is Cc1nc(CCCN)cc(C2CCCC2)n1. The molecule has 0 bridgehead atoms. The summed E-state index contributed by atoms with van der Waals surface area (Å²) < 4.78 is 0. The van der Waals surface area contributed by atoms with Crippen molar-refractivity contribution in [3.63, 3.8) is 0 Å². The Bertz CT molecular complexity index is 343. The lowest BCUT2D eigenvalue weighted by atomic mass is 10.0. The molecule has 3 nitrogen and oxygen atoms in total. The second kappa shape index (κ2) is 5.39. The predicted octanol–water partition coefficient (Wildman–Crippen LogP) is 2.33. The van der Waals surface area contributed by atoms with Crippen molar-refractivity contribution >= 4 is 0 Å². The number of nitrogens with zero attached hydrogens (tertiary/aromatic N) is 2. The minimum atomic E-state index is 0.679. The fraction of sp³-hybridized carbons (Fsp3) is 0.692. The normalized spacial score (nSPS) is 16.9. The molecule has 0 saturated heterocycles. The average molecular weight is 219 g/mol. The zero-order chi connectivity index (χ0) is 11.4. The van der Waals surface area contributed by atoms with E-state index in [1.165, 1.54) is 37.1 Å². The van der Waals surface area contributed by atoms with Gasteiger partial charge in [0.1, 0.15) is 5.82 Å². The molecule has 3 heteroatoms. The number of hydrogen-bond donors (Lipinski definition) is 1. The van der Waals surface area contributed by atoms with Crippen LogP contribution in [-0.4, -0.2) is 16.5 Å². The maximum absolute atomic E-state index is 5.53. The van der Waals surface area contributed by atoms with Crippen LogP contribution in [0.2, 0.25) is 0 Å². The van der Waals surface area contributed by atoms with E-state index in [0.717, 1.165) is 25.2 Å². The molecule has 0 amide bonds. The lowest BCUT2D eigenvalue weighted by Gasteiger charge is -2.10. The van der Waals surface area contributed by atoms with E-state index in [2.05, 4.69) is 16.0 Å². The molecule has 88 valence electrons. The molecule has 2 rings (SSSR count). The van der Waals surface area contributed by atoms with Gasteiger partial charge in [0.25, 0.3) is 0 Å². The van der Waals surface area contributed by atoms with Crippen molar-refractivity contribution in [3.05, 3.63) is 23.3 Å². The fourth-order valence-electron chi connectivity index (χ4n) is 2.50. The minimum absolute atomic E-state index is 0.679. The van der Waals surface area contributed by atoms with Gasteiger partial charge in [0.15, 0.2) is 0 Å². The summed E-state index contributed by atoms with van der Waals surface area (Å²) in [6, 6.07) is 2.19. The standard InChI is InChI=1S/C13H21N3/c1-10-15-12(7-4-8-14)9-13(16-10)11-5-2-3-6-11/h9,11H,2-8,14H2,1H3. The summed E-state index contributed by atoms with van der Waals surface area (Å²) in [4.78, 5) is 9.06. The summed E-state index contributed by atoms with van der Waals surface area (Å²) >= 11 is 0. The van der Waals surface area contributed by atoms with Crippen molar-refractivity contribution in [3.8, 4) is 0 Å². The Kier molecular flexibility index (Phi) is 3.88. The van der Waals surface area contributed by atoms with E-state index in [1.54, 1.807) is 0 Å². The highest BCUT2D eigenvalue weighted by molar-refractivity contribution is 5.16. The van der Waals surface area contributed by atoms with Crippen LogP contribution in [-0.2, 0) is 6.42 Å². The first-order valence-electron chi connectivity index (χ1n) is 6.34. The molecule has 1 aliphatic carbocycles. The lowest BCUT2D eigenvalue weighted by molar-refractivity contribution is 0.680. The molecule has 1 aromatic rings. The highest BCUT2D eigenvalue weighted by Crippen LogP contribution is 2.33. The molecule has 1 fully saturated rings. The van der Waals surface area contributed by atoms with Gasteiger partial charge >= 0.3 is 0 Å². The van der Waals surface area contributed by atoms with Crippen molar-refractivity contribution in [1.29, 1.82) is 0 Å². The topological polar surface area (TPSA) is 51.8 Å². The summed E-state index contributed by atoms with van der Waals surface area (Å²) in [6.07, 6.45) is 7.30. The van der Waals surface area contributed by atoms with Gasteiger partial charge in [0.05, 0.1) is 0 Å². The Morgan fingerprint density at radius 1 is 1.31 bits per heavy atom. The zero-order valence-electron chi connectivity index (χ0n) is 10.1. The molecule has 0 spiro atoms.